The minimum atomic E-state index is 0.621. The number of benzene rings is 2. The number of nitriles is 1. The molecule has 0 spiro atoms. The molecule has 0 aliphatic heterocycles. The second-order valence-corrected chi connectivity index (χ2v) is 6.07. The molecule has 2 rings (SSSR count). The lowest BCUT2D eigenvalue weighted by Gasteiger charge is -2.06. The highest BCUT2D eigenvalue weighted by Gasteiger charge is 2.04. The zero-order chi connectivity index (χ0) is 15.2. The Morgan fingerprint density at radius 2 is 1.90 bits per heavy atom. The molecule has 0 aliphatic carbocycles. The fraction of sp³-hybridized carbons (Fsp3) is 0.118. The van der Waals surface area contributed by atoms with Crippen molar-refractivity contribution >= 4 is 43.5 Å². The number of nitrogens with zero attached hydrogens (tertiary/aromatic N) is 1. The summed E-state index contributed by atoms with van der Waals surface area (Å²) >= 11 is 6.88. The van der Waals surface area contributed by atoms with Crippen molar-refractivity contribution in [1.82, 2.24) is 0 Å². The average molecular weight is 407 g/mol. The average Bonchev–Trinajstić information content (AvgIpc) is 2.48. The Morgan fingerprint density at radius 3 is 2.48 bits per heavy atom. The minimum absolute atomic E-state index is 0.621. The number of rotatable bonds is 4. The van der Waals surface area contributed by atoms with E-state index in [1.807, 2.05) is 55.5 Å². The van der Waals surface area contributed by atoms with Crippen LogP contribution < -0.4 is 4.74 Å². The third-order valence-corrected chi connectivity index (χ3v) is 3.99. The van der Waals surface area contributed by atoms with Gasteiger partial charge in [-0.25, -0.2) is 0 Å². The molecule has 0 aliphatic rings. The van der Waals surface area contributed by atoms with Crippen LogP contribution in [0.15, 0.2) is 51.4 Å². The lowest BCUT2D eigenvalue weighted by Crippen LogP contribution is -1.92. The van der Waals surface area contributed by atoms with Gasteiger partial charge in [-0.1, -0.05) is 34.1 Å². The van der Waals surface area contributed by atoms with Gasteiger partial charge in [-0.05, 0) is 64.3 Å². The van der Waals surface area contributed by atoms with Gasteiger partial charge < -0.3 is 4.74 Å². The second-order valence-electron chi connectivity index (χ2n) is 4.30. The summed E-state index contributed by atoms with van der Waals surface area (Å²) in [7, 11) is 0. The molecule has 0 radical (unpaired) electrons. The minimum Gasteiger partial charge on any atom is -0.493 e. The van der Waals surface area contributed by atoms with Crippen molar-refractivity contribution in [3.8, 4) is 11.8 Å². The Hall–Kier alpha value is -1.57. The predicted octanol–water partition coefficient (Wildman–Crippen LogP) is 5.67. The Kier molecular flexibility index (Phi) is 5.60. The van der Waals surface area contributed by atoms with E-state index in [1.54, 1.807) is 0 Å². The maximum atomic E-state index is 9.35. The number of hydrogen-bond acceptors (Lipinski definition) is 2. The van der Waals surface area contributed by atoms with Crippen molar-refractivity contribution in [2.45, 2.75) is 6.92 Å². The summed E-state index contributed by atoms with van der Waals surface area (Å²) in [6.45, 7) is 2.57. The molecule has 21 heavy (non-hydrogen) atoms. The Bertz CT molecular complexity index is 700. The molecule has 2 aromatic rings. The Labute approximate surface area is 141 Å². The maximum Gasteiger partial charge on any atom is 0.133 e. The van der Waals surface area contributed by atoms with E-state index in [1.165, 1.54) is 0 Å². The molecule has 0 aromatic heterocycles. The van der Waals surface area contributed by atoms with Gasteiger partial charge in [0.05, 0.1) is 22.7 Å². The highest BCUT2D eigenvalue weighted by molar-refractivity contribution is 9.10. The lowest BCUT2D eigenvalue weighted by molar-refractivity contribution is 0.338. The van der Waals surface area contributed by atoms with Crippen molar-refractivity contribution in [3.05, 3.63) is 62.5 Å². The molecule has 2 nitrogen and oxygen atoms in total. The number of hydrogen-bond donors (Lipinski definition) is 0. The predicted molar refractivity (Wildman–Crippen MR) is 92.9 cm³/mol. The number of ether oxygens (including phenoxy) is 1. The molecule has 106 valence electrons. The van der Waals surface area contributed by atoms with E-state index in [4.69, 9.17) is 4.74 Å². The third kappa shape index (κ3) is 4.20. The lowest BCUT2D eigenvalue weighted by atomic mass is 10.0. The van der Waals surface area contributed by atoms with Crippen molar-refractivity contribution in [2.24, 2.45) is 0 Å². The smallest absolute Gasteiger partial charge is 0.133 e. The normalized spacial score (nSPS) is 11.0. The van der Waals surface area contributed by atoms with Crippen molar-refractivity contribution in [2.75, 3.05) is 6.61 Å². The fourth-order valence-electron chi connectivity index (χ4n) is 1.86. The van der Waals surface area contributed by atoms with Crippen LogP contribution in [0.3, 0.4) is 0 Å². The van der Waals surface area contributed by atoms with Gasteiger partial charge in [0.2, 0.25) is 0 Å². The molecule has 2 aromatic carbocycles. The number of allylic oxidation sites excluding steroid dienone is 1. The third-order valence-electron chi connectivity index (χ3n) is 2.84. The van der Waals surface area contributed by atoms with Crippen LogP contribution in [0.2, 0.25) is 0 Å². The molecule has 0 bridgehead atoms. The Balaban J connectivity index is 2.34. The van der Waals surface area contributed by atoms with E-state index in [9.17, 15) is 5.26 Å². The molecule has 0 unspecified atom stereocenters. The summed E-state index contributed by atoms with van der Waals surface area (Å²) in [5.41, 5.74) is 2.47. The van der Waals surface area contributed by atoms with Gasteiger partial charge in [0.25, 0.3) is 0 Å². The molecule has 0 atom stereocenters. The largest absolute Gasteiger partial charge is 0.493 e. The summed E-state index contributed by atoms with van der Waals surface area (Å²) in [6, 6.07) is 15.7. The van der Waals surface area contributed by atoms with Crippen LogP contribution in [-0.4, -0.2) is 6.61 Å². The molecule has 4 heteroatoms. The zero-order valence-corrected chi connectivity index (χ0v) is 14.6. The summed E-state index contributed by atoms with van der Waals surface area (Å²) < 4.78 is 7.36. The molecule has 0 amide bonds. The van der Waals surface area contributed by atoms with Gasteiger partial charge in [-0.2, -0.15) is 5.26 Å². The van der Waals surface area contributed by atoms with Gasteiger partial charge in [0.1, 0.15) is 5.75 Å². The summed E-state index contributed by atoms with van der Waals surface area (Å²) in [5, 5.41) is 9.35. The highest BCUT2D eigenvalue weighted by atomic mass is 79.9. The van der Waals surface area contributed by atoms with E-state index < -0.39 is 0 Å². The van der Waals surface area contributed by atoms with Crippen LogP contribution in [0.4, 0.5) is 0 Å². The van der Waals surface area contributed by atoms with Crippen molar-refractivity contribution in [3.63, 3.8) is 0 Å². The van der Waals surface area contributed by atoms with Crippen LogP contribution in [-0.2, 0) is 0 Å². The second kappa shape index (κ2) is 7.44. The van der Waals surface area contributed by atoms with E-state index in [0.717, 1.165) is 25.8 Å². The van der Waals surface area contributed by atoms with Crippen molar-refractivity contribution in [1.29, 1.82) is 5.26 Å². The molecule has 0 fully saturated rings. The molecule has 0 heterocycles. The van der Waals surface area contributed by atoms with Crippen LogP contribution >= 0.6 is 31.9 Å². The van der Waals surface area contributed by atoms with E-state index in [0.29, 0.717) is 12.2 Å². The highest BCUT2D eigenvalue weighted by Crippen LogP contribution is 2.28. The van der Waals surface area contributed by atoms with Gasteiger partial charge in [0.15, 0.2) is 0 Å². The Morgan fingerprint density at radius 1 is 1.19 bits per heavy atom. The van der Waals surface area contributed by atoms with Crippen LogP contribution in [0.1, 0.15) is 18.1 Å². The first kappa shape index (κ1) is 15.8. The van der Waals surface area contributed by atoms with Gasteiger partial charge >= 0.3 is 0 Å². The van der Waals surface area contributed by atoms with E-state index in [2.05, 4.69) is 37.9 Å². The quantitative estimate of drug-likeness (QED) is 0.483. The summed E-state index contributed by atoms with van der Waals surface area (Å²) in [5.74, 6) is 0.803. The SMILES string of the molecule is CCOc1ccc(/C=C(\C#N)c2ccc(Br)cc2)cc1Br. The summed E-state index contributed by atoms with van der Waals surface area (Å²) in [4.78, 5) is 0. The molecule has 0 saturated carbocycles. The van der Waals surface area contributed by atoms with Gasteiger partial charge in [0, 0.05) is 4.47 Å². The van der Waals surface area contributed by atoms with Crippen LogP contribution in [0.25, 0.3) is 11.6 Å². The standard InChI is InChI=1S/C17H13Br2NO/c1-2-21-17-8-3-12(10-16(17)19)9-14(11-20)13-4-6-15(18)7-5-13/h3-10H,2H2,1H3/b14-9+. The van der Waals surface area contributed by atoms with Crippen molar-refractivity contribution < 1.29 is 4.74 Å². The molecular formula is C17H13Br2NO. The fourth-order valence-corrected chi connectivity index (χ4v) is 2.63. The first-order chi connectivity index (χ1) is 10.1. The van der Waals surface area contributed by atoms with E-state index in [-0.39, 0.29) is 0 Å². The zero-order valence-electron chi connectivity index (χ0n) is 11.4. The maximum absolute atomic E-state index is 9.35. The first-order valence-electron chi connectivity index (χ1n) is 6.44. The summed E-state index contributed by atoms with van der Waals surface area (Å²) in [6.07, 6.45) is 1.86. The van der Waals surface area contributed by atoms with Crippen LogP contribution in [0, 0.1) is 11.3 Å². The monoisotopic (exact) mass is 405 g/mol. The van der Waals surface area contributed by atoms with E-state index >= 15 is 0 Å². The first-order valence-corrected chi connectivity index (χ1v) is 8.02. The number of halogens is 2. The van der Waals surface area contributed by atoms with Crippen LogP contribution in [0.5, 0.6) is 5.75 Å². The van der Waals surface area contributed by atoms with Gasteiger partial charge in [-0.15, -0.1) is 0 Å². The molecule has 0 N–H and O–H groups in total. The van der Waals surface area contributed by atoms with Gasteiger partial charge in [-0.3, -0.25) is 0 Å². The topological polar surface area (TPSA) is 33.0 Å². The molecular weight excluding hydrogens is 394 g/mol. The molecule has 0 saturated heterocycles.